The molecule has 0 saturated heterocycles. The molecule has 0 bridgehead atoms. The van der Waals surface area contributed by atoms with Crippen LogP contribution in [0.5, 0.6) is 11.5 Å². The van der Waals surface area contributed by atoms with Gasteiger partial charge in [0.1, 0.15) is 11.5 Å². The lowest BCUT2D eigenvalue weighted by molar-refractivity contribution is -0.134. The van der Waals surface area contributed by atoms with E-state index in [0.717, 1.165) is 46.2 Å². The number of carbonyl (C=O) groups is 2. The van der Waals surface area contributed by atoms with Crippen LogP contribution in [0.2, 0.25) is 0 Å². The van der Waals surface area contributed by atoms with Gasteiger partial charge in [0.2, 0.25) is 11.8 Å². The highest BCUT2D eigenvalue weighted by Crippen LogP contribution is 2.35. The van der Waals surface area contributed by atoms with E-state index in [9.17, 15) is 9.59 Å². The largest absolute Gasteiger partial charge is 0.497 e. The van der Waals surface area contributed by atoms with E-state index >= 15 is 0 Å². The van der Waals surface area contributed by atoms with Crippen LogP contribution in [0, 0.1) is 0 Å². The Hall–Kier alpha value is -2.67. The third-order valence-corrected chi connectivity index (χ3v) is 6.76. The lowest BCUT2D eigenvalue weighted by Gasteiger charge is -2.29. The second kappa shape index (κ2) is 9.64. The zero-order valence-electron chi connectivity index (χ0n) is 18.0. The lowest BCUT2D eigenvalue weighted by Crippen LogP contribution is -2.37. The van der Waals surface area contributed by atoms with Crippen molar-refractivity contribution < 1.29 is 19.1 Å². The number of rotatable bonds is 8. The van der Waals surface area contributed by atoms with Gasteiger partial charge in [0.05, 0.1) is 19.9 Å². The molecule has 1 aliphatic carbocycles. The van der Waals surface area contributed by atoms with Crippen LogP contribution >= 0.6 is 11.8 Å². The third-order valence-electron chi connectivity index (χ3n) is 5.72. The topological polar surface area (TPSA) is 59.1 Å². The normalized spacial score (nSPS) is 15.2. The number of amides is 2. The fraction of sp³-hybridized carbons (Fsp3) is 0.417. The van der Waals surface area contributed by atoms with Gasteiger partial charge in [-0.1, -0.05) is 12.1 Å². The third kappa shape index (κ3) is 4.98. The van der Waals surface area contributed by atoms with Crippen LogP contribution in [-0.4, -0.2) is 49.3 Å². The maximum Gasteiger partial charge on any atom is 0.227 e. The lowest BCUT2D eigenvalue weighted by atomic mass is 10.1. The van der Waals surface area contributed by atoms with E-state index in [1.165, 1.54) is 0 Å². The molecule has 2 amide bonds. The summed E-state index contributed by atoms with van der Waals surface area (Å²) in [6.07, 6.45) is 2.44. The van der Waals surface area contributed by atoms with E-state index in [1.54, 1.807) is 26.0 Å². The number of anilines is 1. The van der Waals surface area contributed by atoms with E-state index in [4.69, 9.17) is 9.47 Å². The number of hydrogen-bond acceptors (Lipinski definition) is 5. The standard InChI is InChI=1S/C24H28N2O4S/c1-29-19-9-10-21(30-2)17(15-19)16-26(18-7-8-18)24(28)12-11-23(27)25-13-14-31-22-6-4-3-5-20(22)25/h3-6,9-10,15,18H,7-8,11-14,16H2,1-2H3. The molecule has 7 heteroatoms. The molecular weight excluding hydrogens is 412 g/mol. The Labute approximate surface area is 187 Å². The van der Waals surface area contributed by atoms with Crippen LogP contribution in [0.25, 0.3) is 0 Å². The summed E-state index contributed by atoms with van der Waals surface area (Å²) in [7, 11) is 3.25. The van der Waals surface area contributed by atoms with Gasteiger partial charge >= 0.3 is 0 Å². The number of benzene rings is 2. The summed E-state index contributed by atoms with van der Waals surface area (Å²) in [6.45, 7) is 1.14. The highest BCUT2D eigenvalue weighted by atomic mass is 32.2. The molecule has 1 saturated carbocycles. The van der Waals surface area contributed by atoms with Gasteiger partial charge in [0.15, 0.2) is 0 Å². The molecule has 2 aromatic rings. The molecule has 0 unspecified atom stereocenters. The molecule has 1 fully saturated rings. The smallest absolute Gasteiger partial charge is 0.227 e. The number of carbonyl (C=O) groups excluding carboxylic acids is 2. The van der Waals surface area contributed by atoms with Crippen molar-refractivity contribution >= 4 is 29.3 Å². The van der Waals surface area contributed by atoms with Crippen molar-refractivity contribution in [1.82, 2.24) is 4.90 Å². The van der Waals surface area contributed by atoms with Crippen molar-refractivity contribution in [2.24, 2.45) is 0 Å². The maximum atomic E-state index is 13.1. The number of fused-ring (bicyclic) bond motifs is 1. The first-order valence-corrected chi connectivity index (χ1v) is 11.6. The fourth-order valence-electron chi connectivity index (χ4n) is 3.92. The summed E-state index contributed by atoms with van der Waals surface area (Å²) in [5.74, 6) is 2.37. The van der Waals surface area contributed by atoms with E-state index < -0.39 is 0 Å². The summed E-state index contributed by atoms with van der Waals surface area (Å²) in [6, 6.07) is 13.8. The minimum absolute atomic E-state index is 0.0100. The molecule has 2 aliphatic rings. The second-order valence-electron chi connectivity index (χ2n) is 7.79. The molecule has 0 spiro atoms. The predicted molar refractivity (Wildman–Crippen MR) is 122 cm³/mol. The predicted octanol–water partition coefficient (Wildman–Crippen LogP) is 4.11. The summed E-state index contributed by atoms with van der Waals surface area (Å²) < 4.78 is 10.8. The van der Waals surface area contributed by atoms with E-state index in [0.29, 0.717) is 13.1 Å². The Kier molecular flexibility index (Phi) is 6.70. The molecule has 0 aromatic heterocycles. The van der Waals surface area contributed by atoms with Gasteiger partial charge in [0, 0.05) is 48.2 Å². The molecule has 0 radical (unpaired) electrons. The number of nitrogens with zero attached hydrogens (tertiary/aromatic N) is 2. The van der Waals surface area contributed by atoms with Crippen molar-refractivity contribution in [1.29, 1.82) is 0 Å². The van der Waals surface area contributed by atoms with Gasteiger partial charge < -0.3 is 19.3 Å². The molecular formula is C24H28N2O4S. The average molecular weight is 441 g/mol. The summed E-state index contributed by atoms with van der Waals surface area (Å²) in [4.78, 5) is 30.9. The summed E-state index contributed by atoms with van der Waals surface area (Å²) >= 11 is 1.77. The zero-order chi connectivity index (χ0) is 21.8. The van der Waals surface area contributed by atoms with Crippen LogP contribution in [0.4, 0.5) is 5.69 Å². The SMILES string of the molecule is COc1ccc(OC)c(CN(C(=O)CCC(=O)N2CCSc3ccccc32)C2CC2)c1. The molecule has 1 aliphatic heterocycles. The van der Waals surface area contributed by atoms with Gasteiger partial charge in [-0.3, -0.25) is 9.59 Å². The van der Waals surface area contributed by atoms with E-state index in [2.05, 4.69) is 0 Å². The van der Waals surface area contributed by atoms with Crippen LogP contribution in [-0.2, 0) is 16.1 Å². The summed E-state index contributed by atoms with van der Waals surface area (Å²) in [5.41, 5.74) is 1.87. The van der Waals surface area contributed by atoms with Crippen LogP contribution < -0.4 is 14.4 Å². The maximum absolute atomic E-state index is 13.1. The molecule has 0 atom stereocenters. The van der Waals surface area contributed by atoms with Crippen molar-refractivity contribution in [2.45, 2.75) is 43.2 Å². The van der Waals surface area contributed by atoms with Crippen molar-refractivity contribution in [3.63, 3.8) is 0 Å². The minimum atomic E-state index is 0.0100. The van der Waals surface area contributed by atoms with Gasteiger partial charge in [-0.2, -0.15) is 0 Å². The number of thioether (sulfide) groups is 1. The number of ether oxygens (including phenoxy) is 2. The highest BCUT2D eigenvalue weighted by Gasteiger charge is 2.33. The first-order chi connectivity index (χ1) is 15.1. The molecule has 1 heterocycles. The zero-order valence-corrected chi connectivity index (χ0v) is 18.8. The van der Waals surface area contributed by atoms with Crippen LogP contribution in [0.15, 0.2) is 47.4 Å². The van der Waals surface area contributed by atoms with Crippen molar-refractivity contribution in [3.05, 3.63) is 48.0 Å². The Bertz CT molecular complexity index is 960. The first kappa shape index (κ1) is 21.6. The Morgan fingerprint density at radius 1 is 1.10 bits per heavy atom. The molecule has 31 heavy (non-hydrogen) atoms. The second-order valence-corrected chi connectivity index (χ2v) is 8.93. The monoisotopic (exact) mass is 440 g/mol. The summed E-state index contributed by atoms with van der Waals surface area (Å²) in [5, 5.41) is 0. The van der Waals surface area contributed by atoms with Crippen molar-refractivity contribution in [3.8, 4) is 11.5 Å². The Morgan fingerprint density at radius 2 is 1.90 bits per heavy atom. The van der Waals surface area contributed by atoms with E-state index in [1.807, 2.05) is 52.3 Å². The Balaban J connectivity index is 1.42. The number of hydrogen-bond donors (Lipinski definition) is 0. The quantitative estimate of drug-likeness (QED) is 0.618. The number of para-hydroxylation sites is 1. The van der Waals surface area contributed by atoms with Crippen molar-refractivity contribution in [2.75, 3.05) is 31.4 Å². The molecule has 0 N–H and O–H groups in total. The molecule has 4 rings (SSSR count). The molecule has 2 aromatic carbocycles. The van der Waals surface area contributed by atoms with Gasteiger partial charge in [0.25, 0.3) is 0 Å². The first-order valence-electron chi connectivity index (χ1n) is 10.6. The average Bonchev–Trinajstić information content (AvgIpc) is 3.65. The van der Waals surface area contributed by atoms with Crippen LogP contribution in [0.1, 0.15) is 31.2 Å². The van der Waals surface area contributed by atoms with E-state index in [-0.39, 0.29) is 30.7 Å². The van der Waals surface area contributed by atoms with Gasteiger partial charge in [-0.05, 0) is 43.2 Å². The minimum Gasteiger partial charge on any atom is -0.497 e. The molecule has 164 valence electrons. The number of methoxy groups -OCH3 is 2. The van der Waals surface area contributed by atoms with Gasteiger partial charge in [-0.15, -0.1) is 11.8 Å². The highest BCUT2D eigenvalue weighted by molar-refractivity contribution is 7.99. The van der Waals surface area contributed by atoms with Crippen LogP contribution in [0.3, 0.4) is 0 Å². The Morgan fingerprint density at radius 3 is 2.65 bits per heavy atom. The fourth-order valence-corrected chi connectivity index (χ4v) is 4.91. The molecule has 6 nitrogen and oxygen atoms in total. The van der Waals surface area contributed by atoms with Gasteiger partial charge in [-0.25, -0.2) is 0 Å².